The van der Waals surface area contributed by atoms with E-state index in [9.17, 15) is 4.79 Å². The molecule has 0 saturated carbocycles. The highest BCUT2D eigenvalue weighted by molar-refractivity contribution is 5.78. The summed E-state index contributed by atoms with van der Waals surface area (Å²) in [7, 11) is 0. The number of carbonyl (C=O) groups is 1. The first-order valence-electron chi connectivity index (χ1n) is 3.18. The van der Waals surface area contributed by atoms with Gasteiger partial charge in [-0.3, -0.25) is 4.79 Å². The van der Waals surface area contributed by atoms with Gasteiger partial charge >= 0.3 is 0 Å². The van der Waals surface area contributed by atoms with E-state index in [0.717, 1.165) is 0 Å². The van der Waals surface area contributed by atoms with Crippen molar-refractivity contribution in [1.82, 2.24) is 4.90 Å². The number of hydrogen-bond donors (Lipinski definition) is 0. The Labute approximate surface area is 50.2 Å². The first-order chi connectivity index (χ1) is 4.25. The maximum Gasteiger partial charge on any atom is 0.226 e. The molecule has 1 saturated heterocycles. The Morgan fingerprint density at radius 2 is 2.75 bits per heavy atom. The van der Waals surface area contributed by atoms with Crippen LogP contribution < -0.4 is 0 Å². The van der Waals surface area contributed by atoms with Crippen LogP contribution >= 0.6 is 0 Å². The second kappa shape index (κ2) is 1.99. The summed E-state index contributed by atoms with van der Waals surface area (Å²) in [6, 6.07) is 0. The molecule has 1 atom stereocenters. The first kappa shape index (κ1) is 4.13. The first-order valence-corrected chi connectivity index (χ1v) is 2.61. The van der Waals surface area contributed by atoms with E-state index in [-0.39, 0.29) is 5.91 Å². The molecule has 0 spiro atoms. The minimum Gasteiger partial charge on any atom is -0.320 e. The van der Waals surface area contributed by atoms with E-state index in [1.807, 2.05) is 0 Å². The van der Waals surface area contributed by atoms with Crippen molar-refractivity contribution in [3.8, 4) is 0 Å². The van der Waals surface area contributed by atoms with Gasteiger partial charge < -0.3 is 4.90 Å². The summed E-state index contributed by atoms with van der Waals surface area (Å²) in [6.07, 6.45) is 1.59. The minimum absolute atomic E-state index is 0.120. The molecule has 8 heavy (non-hydrogen) atoms. The molecule has 0 aliphatic carbocycles. The second-order valence-corrected chi connectivity index (χ2v) is 1.71. The third-order valence-electron chi connectivity index (χ3n) is 1.19. The number of hydrogen-bond acceptors (Lipinski definition) is 1. The summed E-state index contributed by atoms with van der Waals surface area (Å²) in [4.78, 5) is 12.3. The zero-order chi connectivity index (χ0) is 6.85. The molecule has 1 aliphatic rings. The molecule has 2 heteroatoms. The fourth-order valence-corrected chi connectivity index (χ4v) is 0.736. The Bertz CT molecular complexity index is 146. The number of rotatable bonds is 1. The van der Waals surface area contributed by atoms with E-state index >= 15 is 0 Å². The van der Waals surface area contributed by atoms with E-state index in [2.05, 4.69) is 6.58 Å². The zero-order valence-electron chi connectivity index (χ0n) is 5.63. The second-order valence-electron chi connectivity index (χ2n) is 1.71. The quantitative estimate of drug-likeness (QED) is 0.490. The van der Waals surface area contributed by atoms with Crippen LogP contribution in [0.15, 0.2) is 12.8 Å². The average molecular weight is 112 g/mol. The van der Waals surface area contributed by atoms with E-state index < -0.39 is 6.40 Å². The van der Waals surface area contributed by atoms with Crippen molar-refractivity contribution >= 4 is 5.91 Å². The molecular weight excluding hydrogens is 102 g/mol. The van der Waals surface area contributed by atoms with Gasteiger partial charge in [-0.1, -0.05) is 6.58 Å². The Hall–Kier alpha value is -0.790. The van der Waals surface area contributed by atoms with Crippen molar-refractivity contribution in [2.45, 2.75) is 12.8 Å². The summed E-state index contributed by atoms with van der Waals surface area (Å²) in [5.41, 5.74) is 0. The third kappa shape index (κ3) is 0.735. The van der Waals surface area contributed by atoms with Crippen molar-refractivity contribution in [2.24, 2.45) is 0 Å². The highest BCUT2D eigenvalue weighted by atomic mass is 16.2. The predicted octanol–water partition coefficient (Wildman–Crippen LogP) is 0.752. The van der Waals surface area contributed by atoms with E-state index in [0.29, 0.717) is 13.0 Å². The van der Waals surface area contributed by atoms with Gasteiger partial charge in [0.05, 0.1) is 0 Å². The minimum atomic E-state index is -0.539. The van der Waals surface area contributed by atoms with E-state index in [4.69, 9.17) is 1.37 Å². The lowest BCUT2D eigenvalue weighted by Gasteiger charge is -2.05. The fraction of sp³-hybridized carbons (Fsp3) is 0.500. The molecule has 0 aromatic carbocycles. The Morgan fingerprint density at radius 3 is 3.00 bits per heavy atom. The lowest BCUT2D eigenvalue weighted by molar-refractivity contribution is -0.125. The topological polar surface area (TPSA) is 20.3 Å². The van der Waals surface area contributed by atoms with Crippen molar-refractivity contribution in [2.75, 3.05) is 6.54 Å². The van der Waals surface area contributed by atoms with Gasteiger partial charge in [-0.2, -0.15) is 0 Å². The predicted molar refractivity (Wildman–Crippen MR) is 31.1 cm³/mol. The van der Waals surface area contributed by atoms with Crippen LogP contribution in [0.4, 0.5) is 0 Å². The SMILES string of the molecule is [2H]C1CCN(C=C)C1=O. The summed E-state index contributed by atoms with van der Waals surface area (Å²) >= 11 is 0. The molecule has 1 rings (SSSR count). The number of carbonyl (C=O) groups excluding carboxylic acids is 1. The van der Waals surface area contributed by atoms with Crippen LogP contribution in [0.25, 0.3) is 0 Å². The maximum absolute atomic E-state index is 10.8. The van der Waals surface area contributed by atoms with Gasteiger partial charge in [0.15, 0.2) is 0 Å². The lowest BCUT2D eigenvalue weighted by atomic mass is 10.4. The summed E-state index contributed by atoms with van der Waals surface area (Å²) in [6.45, 7) is 4.11. The maximum atomic E-state index is 10.8. The standard InChI is InChI=1S/C6H9NO/c1-2-7-5-3-4-6(7)8/h2H,1,3-5H2/i4D. The molecule has 0 bridgehead atoms. The largest absolute Gasteiger partial charge is 0.320 e. The zero-order valence-corrected chi connectivity index (χ0v) is 4.63. The molecule has 1 fully saturated rings. The third-order valence-corrected chi connectivity index (χ3v) is 1.19. The van der Waals surface area contributed by atoms with Gasteiger partial charge in [0.25, 0.3) is 0 Å². The molecule has 44 valence electrons. The molecule has 0 N–H and O–H groups in total. The van der Waals surface area contributed by atoms with E-state index in [1.165, 1.54) is 11.1 Å². The van der Waals surface area contributed by atoms with Crippen LogP contribution in [0.3, 0.4) is 0 Å². The van der Waals surface area contributed by atoms with Crippen LogP contribution in [0.2, 0.25) is 0 Å². The number of nitrogens with zero attached hydrogens (tertiary/aromatic N) is 1. The number of likely N-dealkylation sites (tertiary alicyclic amines) is 1. The van der Waals surface area contributed by atoms with Gasteiger partial charge in [0.1, 0.15) is 0 Å². The molecule has 2 nitrogen and oxygen atoms in total. The highest BCUT2D eigenvalue weighted by Crippen LogP contribution is 2.08. The Kier molecular flexibility index (Phi) is 1.02. The molecule has 1 unspecified atom stereocenters. The Morgan fingerprint density at radius 1 is 2.00 bits per heavy atom. The monoisotopic (exact) mass is 112 g/mol. The molecular formula is C6H9NO. The van der Waals surface area contributed by atoms with Crippen LogP contribution in [0.1, 0.15) is 14.2 Å². The lowest BCUT2D eigenvalue weighted by Crippen LogP contribution is -2.16. The molecule has 0 aromatic rings. The van der Waals surface area contributed by atoms with Crippen LogP contribution in [0, 0.1) is 0 Å². The van der Waals surface area contributed by atoms with Crippen LogP contribution in [-0.4, -0.2) is 17.4 Å². The van der Waals surface area contributed by atoms with Crippen molar-refractivity contribution in [3.63, 3.8) is 0 Å². The highest BCUT2D eigenvalue weighted by Gasteiger charge is 2.15. The molecule has 1 aliphatic heterocycles. The molecule has 0 radical (unpaired) electrons. The number of amides is 1. The average Bonchev–Trinajstić information content (AvgIpc) is 2.15. The van der Waals surface area contributed by atoms with Crippen molar-refractivity contribution in [1.29, 1.82) is 0 Å². The van der Waals surface area contributed by atoms with Crippen molar-refractivity contribution < 1.29 is 6.17 Å². The van der Waals surface area contributed by atoms with Gasteiger partial charge in [-0.05, 0) is 12.6 Å². The smallest absolute Gasteiger partial charge is 0.226 e. The van der Waals surface area contributed by atoms with Gasteiger partial charge in [0, 0.05) is 14.3 Å². The van der Waals surface area contributed by atoms with Crippen LogP contribution in [-0.2, 0) is 4.79 Å². The molecule has 1 heterocycles. The normalized spacial score (nSPS) is 30.5. The molecule has 1 amide bonds. The van der Waals surface area contributed by atoms with Gasteiger partial charge in [0.2, 0.25) is 5.91 Å². The summed E-state index contributed by atoms with van der Waals surface area (Å²) in [5, 5.41) is 0. The van der Waals surface area contributed by atoms with Crippen molar-refractivity contribution in [3.05, 3.63) is 12.8 Å². The van der Waals surface area contributed by atoms with Gasteiger partial charge in [-0.15, -0.1) is 0 Å². The van der Waals surface area contributed by atoms with Crippen LogP contribution in [0.5, 0.6) is 0 Å². The van der Waals surface area contributed by atoms with E-state index in [1.54, 1.807) is 0 Å². The Balaban J connectivity index is 2.61. The van der Waals surface area contributed by atoms with Gasteiger partial charge in [-0.25, -0.2) is 0 Å². The summed E-state index contributed by atoms with van der Waals surface area (Å²) < 4.78 is 7.13. The molecule has 0 aromatic heterocycles. The summed E-state index contributed by atoms with van der Waals surface area (Å²) in [5.74, 6) is -0.120. The fourth-order valence-electron chi connectivity index (χ4n) is 0.736.